The molecule has 0 spiro atoms. The van der Waals surface area contributed by atoms with Crippen molar-refractivity contribution in [3.8, 4) is 0 Å². The molecule has 6 rings (SSSR count). The highest BCUT2D eigenvalue weighted by Crippen LogP contribution is 2.75. The van der Waals surface area contributed by atoms with Crippen LogP contribution < -0.4 is 11.1 Å². The number of nitrogens with one attached hydrogen (secondary N) is 1. The van der Waals surface area contributed by atoms with E-state index in [4.69, 9.17) is 15.2 Å². The number of hydrogen-bond acceptors (Lipinski definition) is 8. The number of aromatic nitrogens is 4. The van der Waals surface area contributed by atoms with Gasteiger partial charge >= 0.3 is 5.97 Å². The van der Waals surface area contributed by atoms with Crippen LogP contribution in [-0.4, -0.2) is 69.8 Å². The molecule has 2 bridgehead atoms. The van der Waals surface area contributed by atoms with Crippen LogP contribution in [-0.2, 0) is 14.3 Å². The summed E-state index contributed by atoms with van der Waals surface area (Å²) in [5, 5.41) is 27.8. The van der Waals surface area contributed by atoms with Gasteiger partial charge in [0.1, 0.15) is 6.04 Å². The van der Waals surface area contributed by atoms with Gasteiger partial charge in [-0.05, 0) is 104 Å². The van der Waals surface area contributed by atoms with Gasteiger partial charge in [0.05, 0.1) is 31.8 Å². The lowest BCUT2D eigenvalue weighted by atomic mass is 9.34. The molecule has 0 radical (unpaired) electrons. The van der Waals surface area contributed by atoms with E-state index in [1.165, 1.54) is 5.57 Å². The molecule has 5 aliphatic rings. The van der Waals surface area contributed by atoms with Gasteiger partial charge in [-0.3, -0.25) is 4.79 Å². The number of hydrogen-bond donors (Lipinski definition) is 3. The number of tetrazole rings is 1. The quantitative estimate of drug-likeness (QED) is 0.255. The molecule has 1 aromatic heterocycles. The molecule has 270 valence electrons. The molecule has 1 saturated heterocycles. The Hall–Kier alpha value is -2.04. The molecule has 10 heteroatoms. The zero-order valence-electron chi connectivity index (χ0n) is 31.6. The number of nitrogens with two attached hydrogens (primary N) is 1. The van der Waals surface area contributed by atoms with Crippen molar-refractivity contribution in [3.05, 3.63) is 11.6 Å². The minimum atomic E-state index is -0.627. The van der Waals surface area contributed by atoms with Crippen LogP contribution in [0, 0.1) is 62.6 Å². The van der Waals surface area contributed by atoms with E-state index in [0.29, 0.717) is 49.4 Å². The van der Waals surface area contributed by atoms with Crippen LogP contribution in [0.1, 0.15) is 114 Å². The predicted molar refractivity (Wildman–Crippen MR) is 187 cm³/mol. The summed E-state index contributed by atoms with van der Waals surface area (Å²) in [6, 6.07) is -0.165. The van der Waals surface area contributed by atoms with Gasteiger partial charge in [0.15, 0.2) is 0 Å². The van der Waals surface area contributed by atoms with Gasteiger partial charge in [0.2, 0.25) is 0 Å². The summed E-state index contributed by atoms with van der Waals surface area (Å²) in [7, 11) is 2.01. The van der Waals surface area contributed by atoms with E-state index >= 15 is 0 Å². The van der Waals surface area contributed by atoms with Gasteiger partial charge in [-0.25, -0.2) is 0 Å². The van der Waals surface area contributed by atoms with Crippen LogP contribution in [0.5, 0.6) is 0 Å². The van der Waals surface area contributed by atoms with Crippen molar-refractivity contribution in [2.24, 2.45) is 62.6 Å². The standard InChI is InChI=1S/C38H64N6O4/c1-22(2)24(5)33(6)16-17-35(8)25-12-13-28-34(7)19-47-21-38(28,26(25)14-15-36(35,9)29(33)31(45)46)18-27(44-42-32(39)41-43-44)30(34)48-20-37(10,40-11)23(3)4/h14,22-25,27-30,40H,12-13,15-21H2,1-11H3,(H2,39,42)(H,45,46)/t24-,25+,27-,28+,29-,30+,33-,34+,35-,36+,37+,38?/m1/s1. The molecule has 3 saturated carbocycles. The van der Waals surface area contributed by atoms with Crippen LogP contribution in [0.15, 0.2) is 11.6 Å². The van der Waals surface area contributed by atoms with Crippen molar-refractivity contribution in [3.63, 3.8) is 0 Å². The second-order valence-corrected chi connectivity index (χ2v) is 18.6. The Morgan fingerprint density at radius 2 is 1.85 bits per heavy atom. The van der Waals surface area contributed by atoms with Crippen molar-refractivity contribution in [2.45, 2.75) is 125 Å². The number of carboxylic acids is 1. The topological polar surface area (TPSA) is 137 Å². The number of aliphatic carboxylic acids is 1. The number of nitrogen functional groups attached to an aromatic ring is 1. The maximum Gasteiger partial charge on any atom is 0.307 e. The third-order valence-electron chi connectivity index (χ3n) is 16.2. The maximum absolute atomic E-state index is 13.4. The highest BCUT2D eigenvalue weighted by Gasteiger charge is 2.72. The van der Waals surface area contributed by atoms with E-state index in [9.17, 15) is 9.90 Å². The van der Waals surface area contributed by atoms with Crippen LogP contribution in [0.25, 0.3) is 0 Å². The first-order chi connectivity index (χ1) is 22.3. The van der Waals surface area contributed by atoms with Gasteiger partial charge in [-0.1, -0.05) is 79.1 Å². The third-order valence-corrected chi connectivity index (χ3v) is 16.2. The molecule has 0 amide bonds. The Labute approximate surface area is 288 Å². The highest BCUT2D eigenvalue weighted by atomic mass is 16.5. The number of fused-ring (bicyclic) bond motifs is 3. The lowest BCUT2D eigenvalue weighted by molar-refractivity contribution is -0.254. The Morgan fingerprint density at radius 1 is 1.15 bits per heavy atom. The first kappa shape index (κ1) is 35.8. The first-order valence-electron chi connectivity index (χ1n) is 18.7. The van der Waals surface area contributed by atoms with Crippen molar-refractivity contribution >= 4 is 11.9 Å². The summed E-state index contributed by atoms with van der Waals surface area (Å²) in [4.78, 5) is 15.2. The summed E-state index contributed by atoms with van der Waals surface area (Å²) in [5.74, 6) is 0.886. The number of carboxylic acid groups (broad SMARTS) is 1. The molecule has 1 unspecified atom stereocenters. The Morgan fingerprint density at radius 3 is 2.44 bits per heavy atom. The van der Waals surface area contributed by atoms with E-state index in [-0.39, 0.29) is 50.7 Å². The highest BCUT2D eigenvalue weighted by molar-refractivity contribution is 5.73. The largest absolute Gasteiger partial charge is 0.481 e. The molecule has 1 aromatic rings. The fourth-order valence-electron chi connectivity index (χ4n) is 12.3. The van der Waals surface area contributed by atoms with E-state index in [1.807, 2.05) is 7.05 Å². The predicted octanol–water partition coefficient (Wildman–Crippen LogP) is 6.40. The lowest BCUT2D eigenvalue weighted by Crippen LogP contribution is -2.69. The van der Waals surface area contributed by atoms with E-state index in [2.05, 4.69) is 96.0 Å². The molecule has 10 nitrogen and oxygen atoms in total. The number of carbonyl (C=O) groups is 1. The number of rotatable bonds is 9. The first-order valence-corrected chi connectivity index (χ1v) is 18.7. The zero-order valence-corrected chi connectivity index (χ0v) is 31.6. The number of likely N-dealkylation sites (N-methyl/N-ethyl adjacent to an activating group) is 1. The van der Waals surface area contributed by atoms with Crippen molar-refractivity contribution in [1.82, 2.24) is 25.5 Å². The molecular weight excluding hydrogens is 604 g/mol. The van der Waals surface area contributed by atoms with Crippen LogP contribution in [0.3, 0.4) is 0 Å². The summed E-state index contributed by atoms with van der Waals surface area (Å²) < 4.78 is 13.8. The Balaban J connectivity index is 1.44. The minimum Gasteiger partial charge on any atom is -0.481 e. The number of allylic oxidation sites excluding steroid dienone is 1. The Bertz CT molecular complexity index is 1430. The summed E-state index contributed by atoms with van der Waals surface area (Å²) in [6.45, 7) is 24.7. The second-order valence-electron chi connectivity index (χ2n) is 18.6. The normalized spacial score (nSPS) is 44.3. The summed E-state index contributed by atoms with van der Waals surface area (Å²) in [6.07, 6.45) is 7.96. The van der Waals surface area contributed by atoms with Gasteiger partial charge in [-0.2, -0.15) is 4.80 Å². The van der Waals surface area contributed by atoms with Crippen molar-refractivity contribution in [1.29, 1.82) is 0 Å². The van der Waals surface area contributed by atoms with Gasteiger partial charge < -0.3 is 25.6 Å². The lowest BCUT2D eigenvalue weighted by Gasteiger charge is -2.71. The van der Waals surface area contributed by atoms with Crippen LogP contribution in [0.2, 0.25) is 0 Å². The molecule has 12 atom stereocenters. The van der Waals surface area contributed by atoms with Crippen molar-refractivity contribution < 1.29 is 19.4 Å². The average Bonchev–Trinajstić information content (AvgIpc) is 3.45. The molecule has 4 aliphatic carbocycles. The molecule has 0 aromatic carbocycles. The molecular formula is C38H64N6O4. The SMILES string of the molecule is CN[C@@](C)(CO[C@H]1[C@H](n2nnc(N)n2)CC23COC[C@@]1(C)[C@@H]2CC[C@H]1C3=CC[C@@]2(C)[C@H](C(=O)O)[C@@](C)([C@H](C)C(C)C)CC[C@]12C)C(C)C. The molecule has 1 aliphatic heterocycles. The average molecular weight is 669 g/mol. The number of ether oxygens (including phenoxy) is 2. The maximum atomic E-state index is 13.4. The fraction of sp³-hybridized carbons (Fsp3) is 0.895. The summed E-state index contributed by atoms with van der Waals surface area (Å²) >= 11 is 0. The van der Waals surface area contributed by atoms with Gasteiger partial charge in [0, 0.05) is 16.4 Å². The fourth-order valence-corrected chi connectivity index (χ4v) is 12.3. The summed E-state index contributed by atoms with van der Waals surface area (Å²) in [5.41, 5.74) is 6.10. The van der Waals surface area contributed by atoms with Crippen LogP contribution in [0.4, 0.5) is 5.95 Å². The minimum absolute atomic E-state index is 0.144. The molecule has 48 heavy (non-hydrogen) atoms. The van der Waals surface area contributed by atoms with Gasteiger partial charge in [-0.15, -0.1) is 5.10 Å². The van der Waals surface area contributed by atoms with Crippen molar-refractivity contribution in [2.75, 3.05) is 32.6 Å². The second kappa shape index (κ2) is 11.8. The molecule has 4 fully saturated rings. The molecule has 2 heterocycles. The zero-order chi connectivity index (χ0) is 35.2. The third kappa shape index (κ3) is 4.80. The number of nitrogens with zero attached hydrogens (tertiary/aromatic N) is 4. The Kier molecular flexibility index (Phi) is 8.76. The van der Waals surface area contributed by atoms with E-state index < -0.39 is 11.9 Å². The van der Waals surface area contributed by atoms with Crippen LogP contribution >= 0.6 is 0 Å². The van der Waals surface area contributed by atoms with E-state index in [1.54, 1.807) is 4.80 Å². The van der Waals surface area contributed by atoms with Gasteiger partial charge in [0.25, 0.3) is 5.95 Å². The molecule has 4 N–H and O–H groups in total. The number of anilines is 1. The van der Waals surface area contributed by atoms with E-state index in [0.717, 1.165) is 38.5 Å². The smallest absolute Gasteiger partial charge is 0.307 e. The monoisotopic (exact) mass is 668 g/mol.